The van der Waals surface area contributed by atoms with Crippen molar-refractivity contribution in [3.05, 3.63) is 35.9 Å². The molecule has 1 aliphatic rings. The van der Waals surface area contributed by atoms with Crippen LogP contribution in [0.3, 0.4) is 0 Å². The van der Waals surface area contributed by atoms with Gasteiger partial charge in [-0.05, 0) is 26.3 Å². The summed E-state index contributed by atoms with van der Waals surface area (Å²) in [7, 11) is 0. The molecule has 4 atom stereocenters. The van der Waals surface area contributed by atoms with Crippen LogP contribution in [0.25, 0.3) is 0 Å². The van der Waals surface area contributed by atoms with Crippen molar-refractivity contribution in [2.24, 2.45) is 5.92 Å². The highest BCUT2D eigenvalue weighted by molar-refractivity contribution is 5.67. The van der Waals surface area contributed by atoms with Crippen molar-refractivity contribution in [2.75, 3.05) is 13.2 Å². The van der Waals surface area contributed by atoms with Crippen molar-refractivity contribution in [3.63, 3.8) is 0 Å². The largest absolute Gasteiger partial charge is 0.444 e. The van der Waals surface area contributed by atoms with Crippen LogP contribution in [-0.2, 0) is 20.8 Å². The summed E-state index contributed by atoms with van der Waals surface area (Å²) >= 11 is 0. The predicted molar refractivity (Wildman–Crippen MR) is 90.7 cm³/mol. The zero-order valence-electron chi connectivity index (χ0n) is 14.8. The summed E-state index contributed by atoms with van der Waals surface area (Å²) in [6.07, 6.45) is -3.74. The number of benzene rings is 1. The minimum Gasteiger partial charge on any atom is -0.444 e. The van der Waals surface area contributed by atoms with Crippen LogP contribution in [0.4, 0.5) is 4.79 Å². The summed E-state index contributed by atoms with van der Waals surface area (Å²) in [6, 6.07) is 9.49. The first kappa shape index (κ1) is 19.7. The number of carbonyl (C=O) groups excluding carboxylic acids is 1. The highest BCUT2D eigenvalue weighted by Crippen LogP contribution is 2.22. The Morgan fingerprint density at radius 2 is 1.92 bits per heavy atom. The van der Waals surface area contributed by atoms with E-state index in [0.29, 0.717) is 0 Å². The van der Waals surface area contributed by atoms with Gasteiger partial charge in [0, 0.05) is 12.5 Å². The van der Waals surface area contributed by atoms with E-state index in [1.807, 2.05) is 30.3 Å². The first-order chi connectivity index (χ1) is 11.8. The van der Waals surface area contributed by atoms with Gasteiger partial charge in [0.15, 0.2) is 6.29 Å². The van der Waals surface area contributed by atoms with Gasteiger partial charge in [-0.2, -0.15) is 0 Å². The zero-order chi connectivity index (χ0) is 18.4. The van der Waals surface area contributed by atoms with Gasteiger partial charge in [-0.1, -0.05) is 30.3 Å². The van der Waals surface area contributed by atoms with Gasteiger partial charge in [-0.15, -0.1) is 0 Å². The normalized spacial score (nSPS) is 26.9. The molecular weight excluding hydrogens is 326 g/mol. The first-order valence-electron chi connectivity index (χ1n) is 8.36. The van der Waals surface area contributed by atoms with Crippen molar-refractivity contribution in [3.8, 4) is 0 Å². The van der Waals surface area contributed by atoms with Gasteiger partial charge < -0.3 is 29.7 Å². The van der Waals surface area contributed by atoms with Crippen LogP contribution in [0.5, 0.6) is 0 Å². The number of rotatable bonds is 5. The number of amides is 1. The number of hydrogen-bond acceptors (Lipinski definition) is 6. The van der Waals surface area contributed by atoms with Gasteiger partial charge >= 0.3 is 6.09 Å². The molecule has 2 rings (SSSR count). The summed E-state index contributed by atoms with van der Waals surface area (Å²) in [5, 5.41) is 23.0. The fraction of sp³-hybridized carbons (Fsp3) is 0.611. The van der Waals surface area contributed by atoms with E-state index >= 15 is 0 Å². The van der Waals surface area contributed by atoms with E-state index < -0.39 is 36.1 Å². The molecule has 1 aromatic rings. The van der Waals surface area contributed by atoms with Crippen molar-refractivity contribution in [1.82, 2.24) is 5.32 Å². The Labute approximate surface area is 147 Å². The third kappa shape index (κ3) is 6.28. The minimum atomic E-state index is -1.19. The molecule has 140 valence electrons. The average molecular weight is 353 g/mol. The van der Waals surface area contributed by atoms with Gasteiger partial charge in [0.2, 0.25) is 0 Å². The molecule has 1 amide bonds. The van der Waals surface area contributed by atoms with Crippen LogP contribution < -0.4 is 5.32 Å². The van der Waals surface area contributed by atoms with Crippen molar-refractivity contribution >= 4 is 6.09 Å². The fourth-order valence-electron chi connectivity index (χ4n) is 2.46. The minimum absolute atomic E-state index is 0.137. The summed E-state index contributed by atoms with van der Waals surface area (Å²) in [5.74, 6) is -0.445. The number of hydrogen-bond donors (Lipinski definition) is 3. The molecule has 1 aromatic carbocycles. The average Bonchev–Trinajstić information content (AvgIpc) is 2.54. The standard InChI is InChI=1S/C18H27NO6/c1-18(2,3)25-17(22)19-9-13-11-24-16(15(21)14(13)20)23-10-12-7-5-4-6-8-12/h4-8,13-16,20-21H,9-11H2,1-3H3,(H,19,22)/t13-,14-,15+,16+/m1/s1. The lowest BCUT2D eigenvalue weighted by molar-refractivity contribution is -0.262. The van der Waals surface area contributed by atoms with Crippen molar-refractivity contribution < 1.29 is 29.2 Å². The monoisotopic (exact) mass is 353 g/mol. The van der Waals surface area contributed by atoms with E-state index in [2.05, 4.69) is 5.32 Å². The molecular formula is C18H27NO6. The molecule has 7 heteroatoms. The topological polar surface area (TPSA) is 97.3 Å². The number of ether oxygens (including phenoxy) is 3. The molecule has 0 radical (unpaired) electrons. The smallest absolute Gasteiger partial charge is 0.407 e. The van der Waals surface area contributed by atoms with E-state index in [0.717, 1.165) is 5.56 Å². The number of nitrogens with one attached hydrogen (secondary N) is 1. The molecule has 1 fully saturated rings. The Morgan fingerprint density at radius 3 is 2.56 bits per heavy atom. The van der Waals surface area contributed by atoms with Gasteiger partial charge in [0.05, 0.1) is 19.3 Å². The van der Waals surface area contributed by atoms with E-state index in [-0.39, 0.29) is 19.8 Å². The van der Waals surface area contributed by atoms with Gasteiger partial charge in [0.25, 0.3) is 0 Å². The van der Waals surface area contributed by atoms with Gasteiger partial charge in [-0.3, -0.25) is 0 Å². The molecule has 1 heterocycles. The van der Waals surface area contributed by atoms with Crippen LogP contribution in [0.1, 0.15) is 26.3 Å². The lowest BCUT2D eigenvalue weighted by atomic mass is 9.95. The number of alkyl carbamates (subject to hydrolysis) is 1. The summed E-state index contributed by atoms with van der Waals surface area (Å²) in [5.41, 5.74) is 0.350. The molecule has 0 bridgehead atoms. The lowest BCUT2D eigenvalue weighted by Gasteiger charge is -2.37. The van der Waals surface area contributed by atoms with Crippen LogP contribution in [0.2, 0.25) is 0 Å². The van der Waals surface area contributed by atoms with Gasteiger partial charge in [0.1, 0.15) is 11.7 Å². The quantitative estimate of drug-likeness (QED) is 0.741. The Balaban J connectivity index is 1.78. The Hall–Kier alpha value is -1.67. The Kier molecular flexibility index (Phi) is 6.78. The van der Waals surface area contributed by atoms with Gasteiger partial charge in [-0.25, -0.2) is 4.79 Å². The molecule has 0 saturated carbocycles. The van der Waals surface area contributed by atoms with E-state index in [9.17, 15) is 15.0 Å². The maximum Gasteiger partial charge on any atom is 0.407 e. The molecule has 1 saturated heterocycles. The third-order valence-electron chi connectivity index (χ3n) is 3.75. The maximum atomic E-state index is 11.7. The maximum absolute atomic E-state index is 11.7. The second-order valence-electron chi connectivity index (χ2n) is 7.12. The molecule has 7 nitrogen and oxygen atoms in total. The molecule has 3 N–H and O–H groups in total. The molecule has 0 spiro atoms. The van der Waals surface area contributed by atoms with E-state index in [4.69, 9.17) is 14.2 Å². The molecule has 0 aromatic heterocycles. The number of aliphatic hydroxyl groups excluding tert-OH is 2. The van der Waals surface area contributed by atoms with Crippen LogP contribution in [0.15, 0.2) is 30.3 Å². The molecule has 1 aliphatic heterocycles. The van der Waals surface area contributed by atoms with Crippen LogP contribution in [0, 0.1) is 5.92 Å². The lowest BCUT2D eigenvalue weighted by Crippen LogP contribution is -2.54. The fourth-order valence-corrected chi connectivity index (χ4v) is 2.46. The Morgan fingerprint density at radius 1 is 1.24 bits per heavy atom. The SMILES string of the molecule is CC(C)(C)OC(=O)NC[C@@H]1CO[C@H](OCc2ccccc2)[C@@H](O)[C@@H]1O. The summed E-state index contributed by atoms with van der Waals surface area (Å²) in [6.45, 7) is 5.87. The number of carbonyl (C=O) groups is 1. The van der Waals surface area contributed by atoms with Crippen LogP contribution in [-0.4, -0.2) is 53.6 Å². The van der Waals surface area contributed by atoms with E-state index in [1.54, 1.807) is 20.8 Å². The third-order valence-corrected chi connectivity index (χ3v) is 3.75. The molecule has 0 aliphatic carbocycles. The number of aliphatic hydroxyl groups is 2. The van der Waals surface area contributed by atoms with Crippen molar-refractivity contribution in [1.29, 1.82) is 0 Å². The second-order valence-corrected chi connectivity index (χ2v) is 7.12. The predicted octanol–water partition coefficient (Wildman–Crippen LogP) is 1.42. The second kappa shape index (κ2) is 8.62. The Bertz CT molecular complexity index is 544. The van der Waals surface area contributed by atoms with E-state index in [1.165, 1.54) is 0 Å². The summed E-state index contributed by atoms with van der Waals surface area (Å²) < 4.78 is 16.2. The van der Waals surface area contributed by atoms with Crippen LogP contribution >= 0.6 is 0 Å². The zero-order valence-corrected chi connectivity index (χ0v) is 14.8. The highest BCUT2D eigenvalue weighted by atomic mass is 16.7. The summed E-state index contributed by atoms with van der Waals surface area (Å²) in [4.78, 5) is 11.7. The highest BCUT2D eigenvalue weighted by Gasteiger charge is 2.39. The first-order valence-corrected chi connectivity index (χ1v) is 8.36. The van der Waals surface area contributed by atoms with Crippen molar-refractivity contribution in [2.45, 2.75) is 51.5 Å². The molecule has 0 unspecified atom stereocenters. The molecule has 25 heavy (non-hydrogen) atoms.